The van der Waals surface area contributed by atoms with E-state index in [9.17, 15) is 4.79 Å². The zero-order valence-electron chi connectivity index (χ0n) is 12.6. The summed E-state index contributed by atoms with van der Waals surface area (Å²) in [5.41, 5.74) is 1.89. The van der Waals surface area contributed by atoms with E-state index in [0.717, 1.165) is 35.0 Å². The summed E-state index contributed by atoms with van der Waals surface area (Å²) in [6, 6.07) is 12.1. The second-order valence-electron chi connectivity index (χ2n) is 5.22. The molecule has 0 aliphatic carbocycles. The van der Waals surface area contributed by atoms with Crippen LogP contribution in [0.3, 0.4) is 0 Å². The maximum atomic E-state index is 11.6. The Morgan fingerprint density at radius 1 is 1.27 bits per heavy atom. The van der Waals surface area contributed by atoms with E-state index in [1.54, 1.807) is 0 Å². The fourth-order valence-corrected chi connectivity index (χ4v) is 2.47. The molecule has 2 N–H and O–H groups in total. The van der Waals surface area contributed by atoms with E-state index in [1.165, 1.54) is 0 Å². The van der Waals surface area contributed by atoms with Crippen LogP contribution in [0, 0.1) is 0 Å². The molecule has 0 spiro atoms. The summed E-state index contributed by atoms with van der Waals surface area (Å²) in [5.74, 6) is 0.636. The van der Waals surface area contributed by atoms with Gasteiger partial charge in [0.15, 0.2) is 6.61 Å². The fourth-order valence-electron chi connectivity index (χ4n) is 2.47. The van der Waals surface area contributed by atoms with Crippen molar-refractivity contribution in [3.8, 4) is 0 Å². The smallest absolute Gasteiger partial charge is 0.407 e. The number of nitrogens with zero attached hydrogens (tertiary/aromatic N) is 1. The number of unbranched alkanes of at least 4 members (excludes halogenated alkanes) is 1. The Kier molecular flexibility index (Phi) is 4.23. The van der Waals surface area contributed by atoms with Crippen molar-refractivity contribution in [2.24, 2.45) is 4.99 Å². The maximum Gasteiger partial charge on any atom is 0.407 e. The third kappa shape index (κ3) is 3.03. The molecule has 1 heterocycles. The molecular formula is C17H19N3O2. The van der Waals surface area contributed by atoms with Gasteiger partial charge in [0.1, 0.15) is 5.84 Å². The first-order valence-corrected chi connectivity index (χ1v) is 7.55. The van der Waals surface area contributed by atoms with E-state index in [-0.39, 0.29) is 6.61 Å². The van der Waals surface area contributed by atoms with E-state index in [0.29, 0.717) is 12.4 Å². The minimum atomic E-state index is -0.407. The highest BCUT2D eigenvalue weighted by Crippen LogP contribution is 2.35. The first-order valence-electron chi connectivity index (χ1n) is 7.55. The van der Waals surface area contributed by atoms with Gasteiger partial charge in [-0.1, -0.05) is 37.6 Å². The van der Waals surface area contributed by atoms with Gasteiger partial charge in [0, 0.05) is 17.6 Å². The van der Waals surface area contributed by atoms with E-state index in [4.69, 9.17) is 4.74 Å². The fraction of sp³-hybridized carbons (Fsp3) is 0.294. The Hall–Kier alpha value is -2.56. The number of carbonyl (C=O) groups is 1. The van der Waals surface area contributed by atoms with Gasteiger partial charge < -0.3 is 15.4 Å². The van der Waals surface area contributed by atoms with E-state index < -0.39 is 6.09 Å². The van der Waals surface area contributed by atoms with Gasteiger partial charge in [-0.2, -0.15) is 0 Å². The van der Waals surface area contributed by atoms with Gasteiger partial charge in [0.05, 0.1) is 5.69 Å². The average molecular weight is 297 g/mol. The molecule has 5 heteroatoms. The van der Waals surface area contributed by atoms with Crippen LogP contribution in [0.1, 0.15) is 19.8 Å². The number of amidine groups is 1. The predicted molar refractivity (Wildman–Crippen MR) is 88.9 cm³/mol. The normalized spacial score (nSPS) is 12.5. The molecule has 1 amide bonds. The topological polar surface area (TPSA) is 62.7 Å². The number of nitrogens with one attached hydrogen (secondary N) is 2. The van der Waals surface area contributed by atoms with Crippen molar-refractivity contribution in [2.75, 3.05) is 18.5 Å². The average Bonchev–Trinajstić information content (AvgIpc) is 2.54. The Morgan fingerprint density at radius 2 is 2.09 bits per heavy atom. The molecule has 0 bridgehead atoms. The number of aliphatic imine (C=N–C) groups is 1. The summed E-state index contributed by atoms with van der Waals surface area (Å²) < 4.78 is 5.20. The predicted octanol–water partition coefficient (Wildman–Crippen LogP) is 3.82. The highest BCUT2D eigenvalue weighted by Gasteiger charge is 2.15. The lowest BCUT2D eigenvalue weighted by molar-refractivity contribution is 0.161. The Bertz CT molecular complexity index is 720. The number of ether oxygens (including phenoxy) is 1. The van der Waals surface area contributed by atoms with E-state index in [1.807, 2.05) is 24.3 Å². The zero-order chi connectivity index (χ0) is 15.4. The van der Waals surface area contributed by atoms with Gasteiger partial charge >= 0.3 is 6.09 Å². The molecular weight excluding hydrogens is 278 g/mol. The molecule has 5 nitrogen and oxygen atoms in total. The molecule has 22 heavy (non-hydrogen) atoms. The number of hydrogen-bond donors (Lipinski definition) is 2. The van der Waals surface area contributed by atoms with Crippen LogP contribution in [-0.4, -0.2) is 25.1 Å². The SMILES string of the molecule is CCCCNC(=O)OCC1=Nc2cccc3cccc(c23)N1. The summed E-state index contributed by atoms with van der Waals surface area (Å²) in [4.78, 5) is 16.1. The zero-order valence-corrected chi connectivity index (χ0v) is 12.6. The molecule has 1 aliphatic heterocycles. The monoisotopic (exact) mass is 297 g/mol. The van der Waals surface area contributed by atoms with Gasteiger partial charge in [-0.05, 0) is 23.9 Å². The molecule has 0 saturated heterocycles. The van der Waals surface area contributed by atoms with Crippen molar-refractivity contribution >= 4 is 34.1 Å². The molecule has 2 aromatic rings. The number of carbonyl (C=O) groups excluding carboxylic acids is 1. The van der Waals surface area contributed by atoms with Crippen molar-refractivity contribution in [1.82, 2.24) is 5.32 Å². The van der Waals surface area contributed by atoms with Crippen molar-refractivity contribution < 1.29 is 9.53 Å². The van der Waals surface area contributed by atoms with Gasteiger partial charge in [0.2, 0.25) is 0 Å². The minimum Gasteiger partial charge on any atom is -0.441 e. The number of anilines is 1. The quantitative estimate of drug-likeness (QED) is 0.825. The Morgan fingerprint density at radius 3 is 2.91 bits per heavy atom. The van der Waals surface area contributed by atoms with Crippen LogP contribution in [0.25, 0.3) is 10.8 Å². The van der Waals surface area contributed by atoms with E-state index >= 15 is 0 Å². The van der Waals surface area contributed by atoms with Crippen molar-refractivity contribution in [1.29, 1.82) is 0 Å². The van der Waals surface area contributed by atoms with E-state index in [2.05, 4.69) is 34.7 Å². The van der Waals surface area contributed by atoms with Crippen molar-refractivity contribution in [2.45, 2.75) is 19.8 Å². The second-order valence-corrected chi connectivity index (χ2v) is 5.22. The highest BCUT2D eigenvalue weighted by atomic mass is 16.5. The minimum absolute atomic E-state index is 0.128. The molecule has 3 rings (SSSR count). The van der Waals surface area contributed by atoms with Crippen LogP contribution >= 0.6 is 0 Å². The molecule has 0 saturated carbocycles. The van der Waals surface area contributed by atoms with Crippen molar-refractivity contribution in [3.63, 3.8) is 0 Å². The number of alkyl carbamates (subject to hydrolysis) is 1. The molecule has 0 fully saturated rings. The van der Waals surface area contributed by atoms with Gasteiger partial charge in [0.25, 0.3) is 0 Å². The number of hydrogen-bond acceptors (Lipinski definition) is 4. The molecule has 0 aromatic heterocycles. The summed E-state index contributed by atoms with van der Waals surface area (Å²) in [5, 5.41) is 8.19. The lowest BCUT2D eigenvalue weighted by atomic mass is 10.1. The molecule has 1 aliphatic rings. The Labute approximate surface area is 129 Å². The molecule has 0 radical (unpaired) electrons. The van der Waals surface area contributed by atoms with Gasteiger partial charge in [-0.3, -0.25) is 0 Å². The largest absolute Gasteiger partial charge is 0.441 e. The third-order valence-electron chi connectivity index (χ3n) is 3.56. The number of benzene rings is 2. The molecule has 2 aromatic carbocycles. The van der Waals surface area contributed by atoms with Crippen LogP contribution < -0.4 is 10.6 Å². The molecule has 0 atom stereocenters. The van der Waals surface area contributed by atoms with Crippen LogP contribution in [0.2, 0.25) is 0 Å². The number of rotatable bonds is 5. The maximum absolute atomic E-state index is 11.6. The van der Waals surface area contributed by atoms with Gasteiger partial charge in [-0.25, -0.2) is 9.79 Å². The van der Waals surface area contributed by atoms with Crippen LogP contribution in [0.15, 0.2) is 41.4 Å². The summed E-state index contributed by atoms with van der Waals surface area (Å²) in [6.07, 6.45) is 1.58. The Balaban J connectivity index is 1.68. The van der Waals surface area contributed by atoms with Gasteiger partial charge in [-0.15, -0.1) is 0 Å². The van der Waals surface area contributed by atoms with Crippen LogP contribution in [-0.2, 0) is 4.74 Å². The summed E-state index contributed by atoms with van der Waals surface area (Å²) in [6.45, 7) is 2.84. The lowest BCUT2D eigenvalue weighted by Crippen LogP contribution is -2.29. The van der Waals surface area contributed by atoms with Crippen LogP contribution in [0.4, 0.5) is 16.2 Å². The second kappa shape index (κ2) is 6.47. The molecule has 114 valence electrons. The third-order valence-corrected chi connectivity index (χ3v) is 3.56. The van der Waals surface area contributed by atoms with Crippen molar-refractivity contribution in [3.05, 3.63) is 36.4 Å². The highest BCUT2D eigenvalue weighted by molar-refractivity contribution is 6.14. The lowest BCUT2D eigenvalue weighted by Gasteiger charge is -2.18. The summed E-state index contributed by atoms with van der Waals surface area (Å²) >= 11 is 0. The van der Waals surface area contributed by atoms with Crippen LogP contribution in [0.5, 0.6) is 0 Å². The first-order chi connectivity index (χ1) is 10.8. The molecule has 0 unspecified atom stereocenters. The first kappa shape index (κ1) is 14.4. The summed E-state index contributed by atoms with van der Waals surface area (Å²) in [7, 11) is 0. The number of amides is 1. The standard InChI is InChI=1S/C17H19N3O2/c1-2-3-10-18-17(21)22-11-15-19-13-8-4-6-12-7-5-9-14(20-15)16(12)13/h4-9H,2-3,10-11H2,1H3,(H,18,21)(H,19,20).